The van der Waals surface area contributed by atoms with Crippen LogP contribution in [0.5, 0.6) is 0 Å². The molecule has 1 aromatic rings. The van der Waals surface area contributed by atoms with Crippen LogP contribution in [0.3, 0.4) is 0 Å². The first-order valence-electron chi connectivity index (χ1n) is 6.76. The van der Waals surface area contributed by atoms with Crippen molar-refractivity contribution >= 4 is 0 Å². The largest absolute Gasteiger partial charge is 0.448 e. The van der Waals surface area contributed by atoms with Gasteiger partial charge in [0.05, 0.1) is 5.69 Å². The Morgan fingerprint density at radius 2 is 1.94 bits per heavy atom. The summed E-state index contributed by atoms with van der Waals surface area (Å²) in [5.41, 5.74) is 1.13. The average Bonchev–Trinajstić information content (AvgIpc) is 2.76. The predicted octanol–water partition coefficient (Wildman–Crippen LogP) is 4.70. The molecule has 0 spiro atoms. The van der Waals surface area contributed by atoms with Crippen molar-refractivity contribution in [3.05, 3.63) is 17.8 Å². The Kier molecular flexibility index (Phi) is 6.20. The van der Waals surface area contributed by atoms with Crippen LogP contribution in [0.1, 0.15) is 76.8 Å². The van der Waals surface area contributed by atoms with Gasteiger partial charge in [-0.15, -0.1) is 0 Å². The Balaban J connectivity index is 2.52. The van der Waals surface area contributed by atoms with Crippen LogP contribution in [0.2, 0.25) is 0 Å². The van der Waals surface area contributed by atoms with Crippen LogP contribution in [-0.4, -0.2) is 4.98 Å². The molecule has 1 atom stereocenters. The predicted molar refractivity (Wildman–Crippen MR) is 67.7 cm³/mol. The minimum absolute atomic E-state index is 0.523. The second kappa shape index (κ2) is 7.48. The summed E-state index contributed by atoms with van der Waals surface area (Å²) in [6.45, 7) is 6.66. The zero-order valence-corrected chi connectivity index (χ0v) is 11.0. The molecule has 0 aromatic carbocycles. The third-order valence-electron chi connectivity index (χ3n) is 3.10. The lowest BCUT2D eigenvalue weighted by atomic mass is 9.99. The average molecular weight is 223 g/mol. The number of aromatic nitrogens is 1. The Morgan fingerprint density at radius 1 is 1.19 bits per heavy atom. The number of hydrogen-bond donors (Lipinski definition) is 0. The van der Waals surface area contributed by atoms with E-state index in [1.54, 1.807) is 0 Å². The third kappa shape index (κ3) is 3.99. The van der Waals surface area contributed by atoms with Gasteiger partial charge in [0.15, 0.2) is 5.89 Å². The van der Waals surface area contributed by atoms with Gasteiger partial charge in [0.1, 0.15) is 6.26 Å². The molecular formula is C14H25NO. The summed E-state index contributed by atoms with van der Waals surface area (Å²) in [5, 5.41) is 0. The van der Waals surface area contributed by atoms with E-state index < -0.39 is 0 Å². The molecular weight excluding hydrogens is 198 g/mol. The number of nitrogens with zero attached hydrogens (tertiary/aromatic N) is 1. The molecule has 2 nitrogen and oxygen atoms in total. The molecule has 0 radical (unpaired) electrons. The first-order chi connectivity index (χ1) is 7.81. The van der Waals surface area contributed by atoms with Gasteiger partial charge in [-0.3, -0.25) is 0 Å². The SMILES string of the molecule is CCCCc1coc(C(CC)CCCC)n1. The maximum Gasteiger partial charge on any atom is 0.197 e. The van der Waals surface area contributed by atoms with E-state index in [2.05, 4.69) is 25.8 Å². The number of unbranched alkanes of at least 4 members (excludes halogenated alkanes) is 2. The Morgan fingerprint density at radius 3 is 2.56 bits per heavy atom. The van der Waals surface area contributed by atoms with Crippen LogP contribution in [0.4, 0.5) is 0 Å². The fourth-order valence-corrected chi connectivity index (χ4v) is 1.94. The quantitative estimate of drug-likeness (QED) is 0.638. The van der Waals surface area contributed by atoms with Crippen molar-refractivity contribution < 1.29 is 4.42 Å². The first-order valence-corrected chi connectivity index (χ1v) is 6.76. The maximum atomic E-state index is 5.60. The van der Waals surface area contributed by atoms with Gasteiger partial charge in [-0.25, -0.2) is 4.98 Å². The lowest BCUT2D eigenvalue weighted by Gasteiger charge is -2.09. The normalized spacial score (nSPS) is 12.9. The molecule has 0 saturated carbocycles. The minimum atomic E-state index is 0.523. The Bertz CT molecular complexity index is 280. The number of aryl methyl sites for hydroxylation is 1. The van der Waals surface area contributed by atoms with Crippen LogP contribution >= 0.6 is 0 Å². The molecule has 1 heterocycles. The van der Waals surface area contributed by atoms with Crippen LogP contribution in [-0.2, 0) is 6.42 Å². The zero-order chi connectivity index (χ0) is 11.8. The fraction of sp³-hybridized carbons (Fsp3) is 0.786. The van der Waals surface area contributed by atoms with E-state index in [0.717, 1.165) is 24.4 Å². The van der Waals surface area contributed by atoms with Crippen molar-refractivity contribution in [3.63, 3.8) is 0 Å². The molecule has 0 aliphatic rings. The molecule has 0 N–H and O–H groups in total. The van der Waals surface area contributed by atoms with Gasteiger partial charge in [0, 0.05) is 5.92 Å². The molecule has 16 heavy (non-hydrogen) atoms. The highest BCUT2D eigenvalue weighted by Gasteiger charge is 2.14. The van der Waals surface area contributed by atoms with Crippen molar-refractivity contribution in [1.82, 2.24) is 4.98 Å². The summed E-state index contributed by atoms with van der Waals surface area (Å²) in [5.74, 6) is 1.48. The highest BCUT2D eigenvalue weighted by molar-refractivity contribution is 5.00. The second-order valence-corrected chi connectivity index (χ2v) is 4.53. The van der Waals surface area contributed by atoms with Gasteiger partial charge in [0.2, 0.25) is 0 Å². The third-order valence-corrected chi connectivity index (χ3v) is 3.10. The van der Waals surface area contributed by atoms with Crippen molar-refractivity contribution in [1.29, 1.82) is 0 Å². The van der Waals surface area contributed by atoms with Crippen molar-refractivity contribution in [3.8, 4) is 0 Å². The van der Waals surface area contributed by atoms with Crippen LogP contribution in [0.25, 0.3) is 0 Å². The van der Waals surface area contributed by atoms with E-state index in [9.17, 15) is 0 Å². The number of hydrogen-bond acceptors (Lipinski definition) is 2. The van der Waals surface area contributed by atoms with E-state index in [4.69, 9.17) is 4.42 Å². The van der Waals surface area contributed by atoms with E-state index in [-0.39, 0.29) is 0 Å². The second-order valence-electron chi connectivity index (χ2n) is 4.53. The Hall–Kier alpha value is -0.790. The van der Waals surface area contributed by atoms with Crippen molar-refractivity contribution in [2.24, 2.45) is 0 Å². The monoisotopic (exact) mass is 223 g/mol. The van der Waals surface area contributed by atoms with Gasteiger partial charge in [-0.2, -0.15) is 0 Å². The summed E-state index contributed by atoms with van der Waals surface area (Å²) in [7, 11) is 0. The van der Waals surface area contributed by atoms with E-state index in [1.807, 2.05) is 6.26 Å². The fourth-order valence-electron chi connectivity index (χ4n) is 1.94. The number of rotatable bonds is 8. The minimum Gasteiger partial charge on any atom is -0.448 e. The van der Waals surface area contributed by atoms with Crippen molar-refractivity contribution in [2.75, 3.05) is 0 Å². The van der Waals surface area contributed by atoms with Crippen LogP contribution < -0.4 is 0 Å². The molecule has 92 valence electrons. The summed E-state index contributed by atoms with van der Waals surface area (Å²) in [6, 6.07) is 0. The molecule has 2 heteroatoms. The molecule has 1 rings (SSSR count). The summed E-state index contributed by atoms with van der Waals surface area (Å²) in [6.07, 6.45) is 10.2. The zero-order valence-electron chi connectivity index (χ0n) is 11.0. The molecule has 0 amide bonds. The maximum absolute atomic E-state index is 5.60. The van der Waals surface area contributed by atoms with Gasteiger partial charge in [0.25, 0.3) is 0 Å². The molecule has 1 unspecified atom stereocenters. The lowest BCUT2D eigenvalue weighted by Crippen LogP contribution is -1.98. The molecule has 0 fully saturated rings. The van der Waals surface area contributed by atoms with Gasteiger partial charge in [-0.05, 0) is 25.7 Å². The summed E-state index contributed by atoms with van der Waals surface area (Å²) < 4.78 is 5.60. The van der Waals surface area contributed by atoms with E-state index in [1.165, 1.54) is 32.1 Å². The smallest absolute Gasteiger partial charge is 0.197 e. The molecule has 1 aromatic heterocycles. The molecule has 0 aliphatic carbocycles. The van der Waals surface area contributed by atoms with Gasteiger partial charge < -0.3 is 4.42 Å². The van der Waals surface area contributed by atoms with E-state index >= 15 is 0 Å². The van der Waals surface area contributed by atoms with E-state index in [0.29, 0.717) is 5.92 Å². The van der Waals surface area contributed by atoms with Gasteiger partial charge >= 0.3 is 0 Å². The standard InChI is InChI=1S/C14H25NO/c1-4-7-9-12(6-3)14-15-13(11-16-14)10-8-5-2/h11-12H,4-10H2,1-3H3. The molecule has 0 bridgehead atoms. The van der Waals surface area contributed by atoms with Crippen molar-refractivity contribution in [2.45, 2.75) is 71.6 Å². The number of oxazole rings is 1. The summed E-state index contributed by atoms with van der Waals surface area (Å²) >= 11 is 0. The van der Waals surface area contributed by atoms with Crippen LogP contribution in [0, 0.1) is 0 Å². The molecule has 0 saturated heterocycles. The van der Waals surface area contributed by atoms with Crippen LogP contribution in [0.15, 0.2) is 10.7 Å². The highest BCUT2D eigenvalue weighted by Crippen LogP contribution is 2.25. The van der Waals surface area contributed by atoms with Gasteiger partial charge in [-0.1, -0.05) is 40.0 Å². The Labute approximate surface area is 99.5 Å². The lowest BCUT2D eigenvalue weighted by molar-refractivity contribution is 0.416. The highest BCUT2D eigenvalue weighted by atomic mass is 16.3. The first kappa shape index (κ1) is 13.3. The summed E-state index contributed by atoms with van der Waals surface area (Å²) in [4.78, 5) is 4.61. The molecule has 0 aliphatic heterocycles. The topological polar surface area (TPSA) is 26.0 Å².